The number of hydrogen-bond donors (Lipinski definition) is 0. The van der Waals surface area contributed by atoms with Gasteiger partial charge in [-0.2, -0.15) is 0 Å². The summed E-state index contributed by atoms with van der Waals surface area (Å²) in [5, 5.41) is 8.02. The number of nitrogens with zero attached hydrogens (tertiary/aromatic N) is 4. The molecule has 128 valence electrons. The van der Waals surface area contributed by atoms with Gasteiger partial charge in [0.15, 0.2) is 0 Å². The molecule has 2 fully saturated rings. The predicted molar refractivity (Wildman–Crippen MR) is 86.8 cm³/mol. The Hall–Kier alpha value is -1.43. The Kier molecular flexibility index (Phi) is 5.30. The average Bonchev–Trinajstić information content (AvgIpc) is 3.02. The van der Waals surface area contributed by atoms with Gasteiger partial charge in [-0.15, -0.1) is 10.2 Å². The molecule has 1 saturated carbocycles. The van der Waals surface area contributed by atoms with E-state index in [-0.39, 0.29) is 6.04 Å². The summed E-state index contributed by atoms with van der Waals surface area (Å²) in [6, 6.07) is 0.117. The highest BCUT2D eigenvalue weighted by atomic mass is 16.4. The molecule has 6 heteroatoms. The van der Waals surface area contributed by atoms with Crippen LogP contribution in [0.3, 0.4) is 0 Å². The lowest BCUT2D eigenvalue weighted by Gasteiger charge is -2.37. The van der Waals surface area contributed by atoms with Gasteiger partial charge in [-0.3, -0.25) is 9.69 Å². The summed E-state index contributed by atoms with van der Waals surface area (Å²) in [5.74, 6) is 2.24. The molecule has 2 aliphatic rings. The summed E-state index contributed by atoms with van der Waals surface area (Å²) >= 11 is 0. The molecule has 1 atom stereocenters. The van der Waals surface area contributed by atoms with Crippen LogP contribution in [0.15, 0.2) is 4.42 Å². The number of rotatable bonds is 4. The Morgan fingerprint density at radius 3 is 2.48 bits per heavy atom. The summed E-state index contributed by atoms with van der Waals surface area (Å²) in [5.41, 5.74) is 0. The van der Waals surface area contributed by atoms with E-state index in [0.717, 1.165) is 32.6 Å². The smallest absolute Gasteiger partial charge is 0.233 e. The van der Waals surface area contributed by atoms with E-state index in [1.807, 2.05) is 11.8 Å². The number of amides is 1. The number of aryl methyl sites for hydroxylation is 1. The molecule has 3 rings (SSSR count). The molecule has 1 aliphatic heterocycles. The second-order valence-electron chi connectivity index (χ2n) is 6.96. The zero-order chi connectivity index (χ0) is 16.2. The Balaban J connectivity index is 1.46. The van der Waals surface area contributed by atoms with Crippen LogP contribution >= 0.6 is 0 Å². The highest BCUT2D eigenvalue weighted by molar-refractivity contribution is 5.76. The average molecular weight is 320 g/mol. The van der Waals surface area contributed by atoms with Gasteiger partial charge < -0.3 is 9.32 Å². The molecule has 1 amide bonds. The molecule has 23 heavy (non-hydrogen) atoms. The van der Waals surface area contributed by atoms with E-state index in [4.69, 9.17) is 4.42 Å². The molecule has 1 aromatic heterocycles. The summed E-state index contributed by atoms with van der Waals surface area (Å²) in [6.07, 6.45) is 7.16. The maximum Gasteiger partial charge on any atom is 0.233 e. The fourth-order valence-electron chi connectivity index (χ4n) is 3.76. The molecule has 0 spiro atoms. The van der Waals surface area contributed by atoms with Crippen molar-refractivity contribution in [1.82, 2.24) is 20.0 Å². The van der Waals surface area contributed by atoms with Crippen molar-refractivity contribution < 1.29 is 9.21 Å². The molecule has 0 radical (unpaired) electrons. The van der Waals surface area contributed by atoms with Crippen LogP contribution in [-0.2, 0) is 4.79 Å². The molecule has 1 saturated heterocycles. The largest absolute Gasteiger partial charge is 0.424 e. The number of carbonyl (C=O) groups is 1. The second-order valence-corrected chi connectivity index (χ2v) is 6.96. The third-order valence-electron chi connectivity index (χ3n) is 5.30. The lowest BCUT2D eigenvalue weighted by Crippen LogP contribution is -2.49. The third-order valence-corrected chi connectivity index (χ3v) is 5.30. The van der Waals surface area contributed by atoms with E-state index >= 15 is 0 Å². The molecule has 2 heterocycles. The summed E-state index contributed by atoms with van der Waals surface area (Å²) in [7, 11) is 0. The quantitative estimate of drug-likeness (QED) is 0.853. The lowest BCUT2D eigenvalue weighted by atomic mass is 9.86. The van der Waals surface area contributed by atoms with E-state index in [1.165, 1.54) is 32.1 Å². The van der Waals surface area contributed by atoms with E-state index in [9.17, 15) is 4.79 Å². The maximum atomic E-state index is 12.5. The van der Waals surface area contributed by atoms with Gasteiger partial charge in [0.1, 0.15) is 0 Å². The maximum absolute atomic E-state index is 12.5. The van der Waals surface area contributed by atoms with Crippen molar-refractivity contribution in [3.05, 3.63) is 11.8 Å². The van der Waals surface area contributed by atoms with Crippen LogP contribution in [0.25, 0.3) is 0 Å². The van der Waals surface area contributed by atoms with Crippen molar-refractivity contribution in [2.45, 2.75) is 58.4 Å². The van der Waals surface area contributed by atoms with E-state index in [2.05, 4.69) is 22.0 Å². The second kappa shape index (κ2) is 7.43. The van der Waals surface area contributed by atoms with Crippen LogP contribution in [0.4, 0.5) is 0 Å². The molecule has 0 aromatic carbocycles. The van der Waals surface area contributed by atoms with Gasteiger partial charge in [-0.25, -0.2) is 0 Å². The van der Waals surface area contributed by atoms with Crippen LogP contribution in [0.2, 0.25) is 0 Å². The Bertz CT molecular complexity index is 516. The number of piperazine rings is 1. The van der Waals surface area contributed by atoms with Crippen LogP contribution in [0, 0.1) is 12.8 Å². The normalized spacial score (nSPS) is 22.3. The number of carbonyl (C=O) groups excluding carboxylic acids is 1. The van der Waals surface area contributed by atoms with E-state index < -0.39 is 0 Å². The van der Waals surface area contributed by atoms with Crippen LogP contribution in [0.5, 0.6) is 0 Å². The first-order valence-corrected chi connectivity index (χ1v) is 8.95. The first kappa shape index (κ1) is 16.4. The number of hydrogen-bond acceptors (Lipinski definition) is 5. The number of aromatic nitrogens is 2. The monoisotopic (exact) mass is 320 g/mol. The van der Waals surface area contributed by atoms with Gasteiger partial charge in [0.05, 0.1) is 6.04 Å². The van der Waals surface area contributed by atoms with Crippen molar-refractivity contribution >= 4 is 5.91 Å². The molecule has 0 N–H and O–H groups in total. The SMILES string of the molecule is Cc1nnc(C(C)N2CCN(C(=O)CC3CCCCC3)CC2)o1. The minimum atomic E-state index is 0.117. The van der Waals surface area contributed by atoms with Crippen LogP contribution in [0.1, 0.15) is 63.3 Å². The Morgan fingerprint density at radius 1 is 1.17 bits per heavy atom. The molecular weight excluding hydrogens is 292 g/mol. The van der Waals surface area contributed by atoms with Crippen LogP contribution < -0.4 is 0 Å². The summed E-state index contributed by atoms with van der Waals surface area (Å²) in [4.78, 5) is 16.8. The fraction of sp³-hybridized carbons (Fsp3) is 0.824. The van der Waals surface area contributed by atoms with Gasteiger partial charge >= 0.3 is 0 Å². The van der Waals surface area contributed by atoms with E-state index in [0.29, 0.717) is 23.6 Å². The minimum Gasteiger partial charge on any atom is -0.424 e. The zero-order valence-corrected chi connectivity index (χ0v) is 14.3. The van der Waals surface area contributed by atoms with Crippen molar-refractivity contribution in [3.8, 4) is 0 Å². The fourth-order valence-corrected chi connectivity index (χ4v) is 3.76. The summed E-state index contributed by atoms with van der Waals surface area (Å²) in [6.45, 7) is 7.27. The van der Waals surface area contributed by atoms with Crippen molar-refractivity contribution in [2.75, 3.05) is 26.2 Å². The first-order chi connectivity index (χ1) is 11.1. The molecule has 6 nitrogen and oxygen atoms in total. The highest BCUT2D eigenvalue weighted by Gasteiger charge is 2.28. The van der Waals surface area contributed by atoms with Crippen molar-refractivity contribution in [1.29, 1.82) is 0 Å². The van der Waals surface area contributed by atoms with Gasteiger partial charge in [0, 0.05) is 39.5 Å². The topological polar surface area (TPSA) is 62.5 Å². The van der Waals surface area contributed by atoms with Gasteiger partial charge in [0.25, 0.3) is 0 Å². The van der Waals surface area contributed by atoms with Crippen LogP contribution in [-0.4, -0.2) is 52.1 Å². The Morgan fingerprint density at radius 2 is 1.87 bits per heavy atom. The molecule has 0 bridgehead atoms. The van der Waals surface area contributed by atoms with Gasteiger partial charge in [-0.05, 0) is 25.7 Å². The molecule has 1 aliphatic carbocycles. The minimum absolute atomic E-state index is 0.117. The lowest BCUT2D eigenvalue weighted by molar-refractivity contribution is -0.134. The van der Waals surface area contributed by atoms with Gasteiger partial charge in [-0.1, -0.05) is 19.3 Å². The van der Waals surface area contributed by atoms with Crippen molar-refractivity contribution in [3.63, 3.8) is 0 Å². The molecular formula is C17H28N4O2. The van der Waals surface area contributed by atoms with Gasteiger partial charge in [0.2, 0.25) is 17.7 Å². The third kappa shape index (κ3) is 4.10. The molecule has 1 aromatic rings. The Labute approximate surface area is 138 Å². The first-order valence-electron chi connectivity index (χ1n) is 8.95. The molecule has 1 unspecified atom stereocenters. The predicted octanol–water partition coefficient (Wildman–Crippen LogP) is 2.55. The van der Waals surface area contributed by atoms with Crippen molar-refractivity contribution in [2.24, 2.45) is 5.92 Å². The summed E-state index contributed by atoms with van der Waals surface area (Å²) < 4.78 is 5.53. The van der Waals surface area contributed by atoms with E-state index in [1.54, 1.807) is 0 Å². The standard InChI is InChI=1S/C17H28N4O2/c1-13(17-19-18-14(2)23-17)20-8-10-21(11-9-20)16(22)12-15-6-4-3-5-7-15/h13,15H,3-12H2,1-2H3. The zero-order valence-electron chi connectivity index (χ0n) is 14.3. The highest BCUT2D eigenvalue weighted by Crippen LogP contribution is 2.27.